The number of rotatable bonds is 2. The van der Waals surface area contributed by atoms with E-state index in [1.54, 1.807) is 10.7 Å². The van der Waals surface area contributed by atoms with Gasteiger partial charge in [0.05, 0.1) is 11.7 Å². The molecule has 3 heterocycles. The smallest absolute Gasteiger partial charge is 0.272 e. The first-order valence-electron chi connectivity index (χ1n) is 10.7. The number of hydrogen-bond donors (Lipinski definition) is 0. The fraction of sp³-hybridized carbons (Fsp3) is 0.636. The van der Waals surface area contributed by atoms with E-state index < -0.39 is 0 Å². The lowest BCUT2D eigenvalue weighted by atomic mass is 9.52. The van der Waals surface area contributed by atoms with Crippen molar-refractivity contribution >= 4 is 11.4 Å². The van der Waals surface area contributed by atoms with E-state index in [-0.39, 0.29) is 5.91 Å². The average Bonchev–Trinajstić information content (AvgIpc) is 3.15. The fourth-order valence-electron chi connectivity index (χ4n) is 7.11. The Labute approximate surface area is 160 Å². The summed E-state index contributed by atoms with van der Waals surface area (Å²) in [4.78, 5) is 17.9. The zero-order valence-electron chi connectivity index (χ0n) is 15.9. The molecule has 0 unspecified atom stereocenters. The molecule has 5 heteroatoms. The van der Waals surface area contributed by atoms with Crippen LogP contribution in [0, 0.1) is 17.8 Å². The molecule has 5 aliphatic rings. The molecule has 27 heavy (non-hydrogen) atoms. The summed E-state index contributed by atoms with van der Waals surface area (Å²) in [5.41, 5.74) is 2.13. The van der Waals surface area contributed by atoms with E-state index in [0.717, 1.165) is 49.4 Å². The molecule has 5 fully saturated rings. The lowest BCUT2D eigenvalue weighted by molar-refractivity contribution is -0.0987. The molecular formula is C22H28N4O. The van der Waals surface area contributed by atoms with E-state index in [4.69, 9.17) is 0 Å². The molecule has 2 aromatic rings. The number of hydrogen-bond acceptors (Lipinski definition) is 3. The highest BCUT2D eigenvalue weighted by atomic mass is 16.2. The van der Waals surface area contributed by atoms with Crippen molar-refractivity contribution in [3.05, 3.63) is 36.2 Å². The minimum absolute atomic E-state index is 0.120. The van der Waals surface area contributed by atoms with Crippen LogP contribution in [0.25, 0.3) is 5.52 Å². The molecule has 7 rings (SSSR count). The zero-order valence-corrected chi connectivity index (χ0v) is 15.9. The molecule has 1 saturated heterocycles. The molecule has 1 aliphatic heterocycles. The second-order valence-electron chi connectivity index (χ2n) is 9.50. The highest BCUT2D eigenvalue weighted by Crippen LogP contribution is 2.57. The van der Waals surface area contributed by atoms with Crippen LogP contribution < -0.4 is 0 Å². The third-order valence-electron chi connectivity index (χ3n) is 7.88. The summed E-state index contributed by atoms with van der Waals surface area (Å²) in [6, 6.07) is 7.79. The van der Waals surface area contributed by atoms with E-state index in [2.05, 4.69) is 10.00 Å². The molecule has 0 aromatic carbocycles. The Morgan fingerprint density at radius 2 is 1.59 bits per heavy atom. The summed E-state index contributed by atoms with van der Waals surface area (Å²) in [6.07, 6.45) is 10.5. The van der Waals surface area contributed by atoms with Crippen molar-refractivity contribution in [3.63, 3.8) is 0 Å². The van der Waals surface area contributed by atoms with Crippen LogP contribution in [0.4, 0.5) is 0 Å². The fourth-order valence-corrected chi connectivity index (χ4v) is 7.11. The summed E-state index contributed by atoms with van der Waals surface area (Å²) in [6.45, 7) is 3.76. The van der Waals surface area contributed by atoms with E-state index in [1.165, 1.54) is 38.5 Å². The number of fused-ring (bicyclic) bond motifs is 1. The molecule has 4 bridgehead atoms. The summed E-state index contributed by atoms with van der Waals surface area (Å²) >= 11 is 0. The molecule has 0 spiro atoms. The molecule has 142 valence electrons. The number of carbonyl (C=O) groups is 1. The SMILES string of the molecule is O=C(c1cccc2ccnn12)N1CCN(C23CC4CC(CC(C4)C2)C3)CC1. The minimum atomic E-state index is 0.120. The maximum atomic E-state index is 13.1. The van der Waals surface area contributed by atoms with E-state index in [0.29, 0.717) is 11.2 Å². The molecule has 0 atom stereocenters. The van der Waals surface area contributed by atoms with Crippen molar-refractivity contribution in [1.29, 1.82) is 0 Å². The Morgan fingerprint density at radius 3 is 2.26 bits per heavy atom. The molecule has 1 amide bonds. The Hall–Kier alpha value is -1.88. The maximum Gasteiger partial charge on any atom is 0.272 e. The summed E-state index contributed by atoms with van der Waals surface area (Å²) < 4.78 is 1.77. The van der Waals surface area contributed by atoms with Crippen molar-refractivity contribution in [2.75, 3.05) is 26.2 Å². The molecular weight excluding hydrogens is 336 g/mol. The monoisotopic (exact) mass is 364 g/mol. The Bertz CT molecular complexity index is 844. The zero-order chi connectivity index (χ0) is 18.0. The molecule has 4 aliphatic carbocycles. The predicted octanol–water partition coefficient (Wildman–Crippen LogP) is 3.06. The second-order valence-corrected chi connectivity index (χ2v) is 9.50. The second kappa shape index (κ2) is 5.81. The van der Waals surface area contributed by atoms with Gasteiger partial charge in [0.1, 0.15) is 5.69 Å². The van der Waals surface area contributed by atoms with Gasteiger partial charge < -0.3 is 4.90 Å². The van der Waals surface area contributed by atoms with E-state index >= 15 is 0 Å². The maximum absolute atomic E-state index is 13.1. The van der Waals surface area contributed by atoms with Gasteiger partial charge in [-0.3, -0.25) is 9.69 Å². The minimum Gasteiger partial charge on any atom is -0.335 e. The number of carbonyl (C=O) groups excluding carboxylic acids is 1. The van der Waals surface area contributed by atoms with Crippen molar-refractivity contribution in [2.24, 2.45) is 17.8 Å². The van der Waals surface area contributed by atoms with Gasteiger partial charge in [-0.05, 0) is 74.5 Å². The van der Waals surface area contributed by atoms with E-state index in [9.17, 15) is 4.79 Å². The topological polar surface area (TPSA) is 40.9 Å². The molecule has 0 N–H and O–H groups in total. The molecule has 0 radical (unpaired) electrons. The lowest BCUT2D eigenvalue weighted by Crippen LogP contribution is -2.64. The van der Waals surface area contributed by atoms with Gasteiger partial charge in [0.2, 0.25) is 0 Å². The van der Waals surface area contributed by atoms with Crippen LogP contribution in [-0.4, -0.2) is 57.0 Å². The normalized spacial score (nSPS) is 35.9. The summed E-state index contributed by atoms with van der Waals surface area (Å²) in [5, 5.41) is 4.34. The van der Waals surface area contributed by atoms with Gasteiger partial charge in [-0.1, -0.05) is 6.07 Å². The van der Waals surface area contributed by atoms with Crippen LogP contribution in [0.3, 0.4) is 0 Å². The number of nitrogens with zero attached hydrogens (tertiary/aromatic N) is 4. The van der Waals surface area contributed by atoms with Crippen LogP contribution in [0.15, 0.2) is 30.5 Å². The largest absolute Gasteiger partial charge is 0.335 e. The first kappa shape index (κ1) is 16.1. The van der Waals surface area contributed by atoms with Gasteiger partial charge in [0.25, 0.3) is 5.91 Å². The standard InChI is InChI=1S/C22H28N4O/c27-21(20-3-1-2-19-4-5-23-26(19)20)24-6-8-25(9-7-24)22-13-16-10-17(14-22)12-18(11-16)15-22/h1-5,16-18H,6-15H2. The predicted molar refractivity (Wildman–Crippen MR) is 104 cm³/mol. The van der Waals surface area contributed by atoms with Crippen LogP contribution in [0.2, 0.25) is 0 Å². The van der Waals surface area contributed by atoms with Gasteiger partial charge in [0.15, 0.2) is 0 Å². The van der Waals surface area contributed by atoms with Crippen molar-refractivity contribution < 1.29 is 4.79 Å². The van der Waals surface area contributed by atoms with Gasteiger partial charge in [-0.15, -0.1) is 0 Å². The van der Waals surface area contributed by atoms with Crippen LogP contribution in [0.5, 0.6) is 0 Å². The third-order valence-corrected chi connectivity index (χ3v) is 7.88. The van der Waals surface area contributed by atoms with Gasteiger partial charge in [0, 0.05) is 31.7 Å². The number of amides is 1. The van der Waals surface area contributed by atoms with Gasteiger partial charge >= 0.3 is 0 Å². The van der Waals surface area contributed by atoms with E-state index in [1.807, 2.05) is 29.2 Å². The first-order chi connectivity index (χ1) is 13.2. The number of piperazine rings is 1. The van der Waals surface area contributed by atoms with Crippen molar-refractivity contribution in [2.45, 2.75) is 44.1 Å². The number of aromatic nitrogens is 2. The Balaban J connectivity index is 1.18. The molecule has 2 aromatic heterocycles. The first-order valence-corrected chi connectivity index (χ1v) is 10.7. The Kier molecular flexibility index (Phi) is 3.46. The Morgan fingerprint density at radius 1 is 0.926 bits per heavy atom. The van der Waals surface area contributed by atoms with Crippen LogP contribution in [-0.2, 0) is 0 Å². The average molecular weight is 364 g/mol. The van der Waals surface area contributed by atoms with Crippen molar-refractivity contribution in [3.8, 4) is 0 Å². The highest BCUT2D eigenvalue weighted by Gasteiger charge is 2.53. The van der Waals surface area contributed by atoms with Crippen molar-refractivity contribution in [1.82, 2.24) is 19.4 Å². The number of pyridine rings is 1. The lowest BCUT2D eigenvalue weighted by Gasteiger charge is -2.61. The van der Waals surface area contributed by atoms with Gasteiger partial charge in [-0.25, -0.2) is 4.52 Å². The van der Waals surface area contributed by atoms with Crippen LogP contribution >= 0.6 is 0 Å². The quantitative estimate of drug-likeness (QED) is 0.822. The molecule has 5 nitrogen and oxygen atoms in total. The molecule has 4 saturated carbocycles. The third kappa shape index (κ3) is 2.47. The highest BCUT2D eigenvalue weighted by molar-refractivity contribution is 5.93. The summed E-state index contributed by atoms with van der Waals surface area (Å²) in [7, 11) is 0. The summed E-state index contributed by atoms with van der Waals surface area (Å²) in [5.74, 6) is 3.06. The van der Waals surface area contributed by atoms with Crippen LogP contribution in [0.1, 0.15) is 49.0 Å². The van der Waals surface area contributed by atoms with Gasteiger partial charge in [-0.2, -0.15) is 5.10 Å².